The van der Waals surface area contributed by atoms with Crippen molar-refractivity contribution >= 4 is 56.1 Å². The highest BCUT2D eigenvalue weighted by molar-refractivity contribution is 7.00. The summed E-state index contributed by atoms with van der Waals surface area (Å²) >= 11 is 0. The summed E-state index contributed by atoms with van der Waals surface area (Å²) in [7, 11) is -8.87. The van der Waals surface area contributed by atoms with Gasteiger partial charge in [-0.25, -0.2) is 0 Å². The van der Waals surface area contributed by atoms with Gasteiger partial charge in [0.25, 0.3) is 25.0 Å². The maximum atomic E-state index is 11.2. The summed E-state index contributed by atoms with van der Waals surface area (Å²) in [4.78, 5) is 0. The quantitative estimate of drug-likeness (QED) is 0.0323. The van der Waals surface area contributed by atoms with Crippen molar-refractivity contribution in [3.05, 3.63) is 182 Å². The van der Waals surface area contributed by atoms with Gasteiger partial charge in [0.2, 0.25) is 0 Å². The smallest absolute Gasteiger partial charge is 0.261 e. The van der Waals surface area contributed by atoms with Crippen molar-refractivity contribution in [3.63, 3.8) is 0 Å². The normalized spacial score (nSPS) is 16.4. The molecule has 0 unspecified atom stereocenters. The number of benzene rings is 6. The summed E-state index contributed by atoms with van der Waals surface area (Å²) in [5.74, 6) is 0. The van der Waals surface area contributed by atoms with Gasteiger partial charge in [0, 0.05) is 0 Å². The summed E-state index contributed by atoms with van der Waals surface area (Å²) in [5, 5.41) is 151. The molecule has 6 rings (SSSR count). The molecule has 18 nitrogen and oxygen atoms in total. The van der Waals surface area contributed by atoms with Crippen LogP contribution in [-0.4, -0.2) is 214 Å². The van der Waals surface area contributed by atoms with E-state index in [9.17, 15) is 40.9 Å². The van der Waals surface area contributed by atoms with Crippen LogP contribution in [0.15, 0.2) is 182 Å². The lowest BCUT2D eigenvalue weighted by Gasteiger charge is -2.44. The predicted octanol–water partition coefficient (Wildman–Crippen LogP) is 1.27. The Morgan fingerprint density at radius 2 is 0.393 bits per heavy atom. The Labute approximate surface area is 530 Å². The standard InChI is InChI=1S/C38H50O6Si2.C22H32O6Si.C6H14O6.2CH4/c1-37(2,3)45(29-19-11-7-12-20-29,30-21-13-8-14-22-30)43-27-33(39)35(41)36(42)34(40)28-44-46(38(4,5)6,31-23-15-9-16-24-31)32-25-17-10-18-26-32;1-22(2,3)29(16-10-6-4-7-11-16,17-12-8-5-9-13-17)28-15-19(25)21(27)20(26)18(24)14-23;7-1-3(9)5(11)6(12)4(10)2-8;;/h7-26,33-36,39-42H,27-28H2,1-6H3;4-13,18-21,23-27H,14-15H2,1-3H3;3-12H,1-2H2;2*1H4/t33-,34-,35-,36-;18-,19-,20-,21-;3-,4-,5-,6-;;/m111../s1. The van der Waals surface area contributed by atoms with Crippen LogP contribution in [-0.2, 0) is 13.3 Å². The first kappa shape index (κ1) is 80.3. The molecule has 0 aliphatic heterocycles. The first-order valence-corrected chi connectivity index (χ1v) is 34.9. The Balaban J connectivity index is 0.000000535. The maximum Gasteiger partial charge on any atom is 0.261 e. The van der Waals surface area contributed by atoms with Crippen LogP contribution >= 0.6 is 0 Å². The van der Waals surface area contributed by atoms with Crippen LogP contribution in [0, 0.1) is 0 Å². The zero-order valence-corrected chi connectivity index (χ0v) is 54.4. The largest absolute Gasteiger partial charge is 0.405 e. The number of hydrogen-bond donors (Lipinski definition) is 15. The van der Waals surface area contributed by atoms with E-state index in [1.807, 2.05) is 182 Å². The molecular weight excluding hydrogens is 1190 g/mol. The minimum atomic E-state index is -2.99. The van der Waals surface area contributed by atoms with E-state index in [0.29, 0.717) is 0 Å². The zero-order chi connectivity index (χ0) is 65.0. The number of aliphatic hydroxyl groups excluding tert-OH is 15. The predicted molar refractivity (Wildman–Crippen MR) is 358 cm³/mol. The summed E-state index contributed by atoms with van der Waals surface area (Å²) in [6.07, 6.45) is -19.0. The number of aliphatic hydroxyl groups is 15. The molecular formula is C68H104O18Si3. The number of hydrogen-bond acceptors (Lipinski definition) is 18. The van der Waals surface area contributed by atoms with Crippen LogP contribution in [0.1, 0.15) is 77.2 Å². The average molecular weight is 1290 g/mol. The molecule has 6 aromatic carbocycles. The number of rotatable bonds is 27. The van der Waals surface area contributed by atoms with Gasteiger partial charge in [0.15, 0.2) is 0 Å². The lowest BCUT2D eigenvalue weighted by Crippen LogP contribution is -2.68. The Morgan fingerprint density at radius 1 is 0.258 bits per heavy atom. The van der Waals surface area contributed by atoms with Gasteiger partial charge < -0.3 is 89.9 Å². The molecule has 6 aromatic rings. The summed E-state index contributed by atoms with van der Waals surface area (Å²) in [5.41, 5.74) is 0. The third-order valence-corrected chi connectivity index (χ3v) is 30.7. The van der Waals surface area contributed by atoms with Crippen molar-refractivity contribution < 1.29 is 89.9 Å². The van der Waals surface area contributed by atoms with Crippen molar-refractivity contribution in [2.75, 3.05) is 39.6 Å². The summed E-state index contributed by atoms with van der Waals surface area (Å²) in [6, 6.07) is 59.8. The maximum absolute atomic E-state index is 11.2. The van der Waals surface area contributed by atoms with E-state index in [4.69, 9.17) is 49.0 Å². The highest BCUT2D eigenvalue weighted by Crippen LogP contribution is 2.39. The Morgan fingerprint density at radius 3 is 0.517 bits per heavy atom. The van der Waals surface area contributed by atoms with Gasteiger partial charge in [-0.05, 0) is 46.2 Å². The van der Waals surface area contributed by atoms with Gasteiger partial charge in [-0.2, -0.15) is 0 Å². The molecule has 0 fully saturated rings. The van der Waals surface area contributed by atoms with E-state index < -0.39 is 118 Å². The monoisotopic (exact) mass is 1290 g/mol. The molecule has 12 atom stereocenters. The molecule has 0 spiro atoms. The van der Waals surface area contributed by atoms with Crippen LogP contribution in [0.4, 0.5) is 0 Å². The van der Waals surface area contributed by atoms with Crippen LogP contribution in [0.5, 0.6) is 0 Å². The highest BCUT2D eigenvalue weighted by Gasteiger charge is 2.54. The summed E-state index contributed by atoms with van der Waals surface area (Å²) < 4.78 is 20.0. The van der Waals surface area contributed by atoms with Gasteiger partial charge in [-0.15, -0.1) is 0 Å². The first-order chi connectivity index (χ1) is 40.9. The topological polar surface area (TPSA) is 331 Å². The lowest BCUT2D eigenvalue weighted by molar-refractivity contribution is -0.123. The van der Waals surface area contributed by atoms with Crippen molar-refractivity contribution in [2.24, 2.45) is 0 Å². The lowest BCUT2D eigenvalue weighted by atomic mass is 10.0. The molecule has 0 aliphatic rings. The van der Waals surface area contributed by atoms with Gasteiger partial charge in [-0.3, -0.25) is 0 Å². The van der Waals surface area contributed by atoms with E-state index in [0.717, 1.165) is 31.1 Å². The fourth-order valence-electron chi connectivity index (χ4n) is 10.9. The molecule has 0 aromatic heterocycles. The van der Waals surface area contributed by atoms with Gasteiger partial charge in [0.05, 0.1) is 39.6 Å². The molecule has 0 amide bonds. The molecule has 496 valence electrons. The fourth-order valence-corrected chi connectivity index (χ4v) is 24.6. The van der Waals surface area contributed by atoms with Crippen molar-refractivity contribution in [1.29, 1.82) is 0 Å². The highest BCUT2D eigenvalue weighted by atomic mass is 28.4. The minimum Gasteiger partial charge on any atom is -0.405 e. The van der Waals surface area contributed by atoms with Crippen molar-refractivity contribution in [3.8, 4) is 0 Å². The Hall–Kier alpha value is -4.75. The third-order valence-electron chi connectivity index (χ3n) is 15.6. The van der Waals surface area contributed by atoms with Crippen molar-refractivity contribution in [2.45, 2.75) is 166 Å². The Bertz CT molecular complexity index is 2570. The van der Waals surface area contributed by atoms with Crippen LogP contribution < -0.4 is 31.1 Å². The van der Waals surface area contributed by atoms with E-state index in [2.05, 4.69) is 62.3 Å². The average Bonchev–Trinajstić information content (AvgIpc) is 1.42. The van der Waals surface area contributed by atoms with E-state index in [1.54, 1.807) is 0 Å². The van der Waals surface area contributed by atoms with E-state index in [1.165, 1.54) is 0 Å². The zero-order valence-electron chi connectivity index (χ0n) is 51.4. The third kappa shape index (κ3) is 19.9. The fraction of sp³-hybridized carbons (Fsp3) is 0.471. The van der Waals surface area contributed by atoms with Gasteiger partial charge >= 0.3 is 0 Å². The molecule has 0 radical (unpaired) electrons. The molecule has 0 aliphatic carbocycles. The molecule has 15 N–H and O–H groups in total. The molecule has 89 heavy (non-hydrogen) atoms. The Kier molecular flexibility index (Phi) is 32.9. The second kappa shape index (κ2) is 36.5. The van der Waals surface area contributed by atoms with Crippen LogP contribution in [0.3, 0.4) is 0 Å². The first-order valence-electron chi connectivity index (χ1n) is 29.2. The van der Waals surface area contributed by atoms with Crippen LogP contribution in [0.25, 0.3) is 0 Å². The molecule has 0 saturated carbocycles. The van der Waals surface area contributed by atoms with Gasteiger partial charge in [0.1, 0.15) is 73.2 Å². The molecule has 0 bridgehead atoms. The van der Waals surface area contributed by atoms with E-state index in [-0.39, 0.29) is 49.8 Å². The van der Waals surface area contributed by atoms with Crippen molar-refractivity contribution in [1.82, 2.24) is 0 Å². The second-order valence-corrected chi connectivity index (χ2v) is 37.7. The molecule has 21 heteroatoms. The molecule has 0 heterocycles. The second-order valence-electron chi connectivity index (χ2n) is 24.8. The minimum absolute atomic E-state index is 0. The summed E-state index contributed by atoms with van der Waals surface area (Å²) in [6.45, 7) is 16.2. The van der Waals surface area contributed by atoms with Crippen LogP contribution in [0.2, 0.25) is 15.1 Å². The van der Waals surface area contributed by atoms with E-state index >= 15 is 0 Å². The molecule has 0 saturated heterocycles. The van der Waals surface area contributed by atoms with Gasteiger partial charge in [-0.1, -0.05) is 259 Å². The SMILES string of the molecule is C.C.CC(C)(C)[Si](OC[C@@H](O)[C@@H](O)[C@H](O)[C@H](O)CO)(c1ccccc1)c1ccccc1.CC(C)(C)[Si](OC[C@@H](O)[C@@H](O)[C@H](O)[C@H](O)CO[Si](c1ccccc1)(c1ccccc1)C(C)(C)C)(c1ccccc1)c1ccccc1.OC[C@@H](O)[C@@H](O)[C@H](O)[C@H](O)CO.